The molecule has 0 aliphatic carbocycles. The van der Waals surface area contributed by atoms with Crippen molar-refractivity contribution in [2.45, 2.75) is 25.8 Å². The van der Waals surface area contributed by atoms with E-state index in [1.807, 2.05) is 6.92 Å². The predicted octanol–water partition coefficient (Wildman–Crippen LogP) is 2.10. The first-order chi connectivity index (χ1) is 7.45. The maximum atomic E-state index is 13.6. The summed E-state index contributed by atoms with van der Waals surface area (Å²) in [5.74, 6) is -1.56. The lowest BCUT2D eigenvalue weighted by molar-refractivity contribution is -0.138. The van der Waals surface area contributed by atoms with Crippen LogP contribution in [-0.4, -0.2) is 17.1 Å². The maximum absolute atomic E-state index is 13.6. The third-order valence-corrected chi connectivity index (χ3v) is 2.91. The SMILES string of the molecule is CCc1cc(Br)c(F)c(CC(N)C(=O)O)c1. The van der Waals surface area contributed by atoms with Gasteiger partial charge in [0.2, 0.25) is 0 Å². The quantitative estimate of drug-likeness (QED) is 0.892. The van der Waals surface area contributed by atoms with Gasteiger partial charge in [0.15, 0.2) is 0 Å². The van der Waals surface area contributed by atoms with Crippen molar-refractivity contribution in [1.29, 1.82) is 0 Å². The van der Waals surface area contributed by atoms with E-state index in [9.17, 15) is 9.18 Å². The fourth-order valence-corrected chi connectivity index (χ4v) is 1.93. The molecule has 1 aromatic rings. The second kappa shape index (κ2) is 5.41. The van der Waals surface area contributed by atoms with Crippen molar-refractivity contribution >= 4 is 21.9 Å². The van der Waals surface area contributed by atoms with Gasteiger partial charge in [0.1, 0.15) is 11.9 Å². The van der Waals surface area contributed by atoms with Crippen LogP contribution in [0, 0.1) is 5.82 Å². The third kappa shape index (κ3) is 3.02. The van der Waals surface area contributed by atoms with E-state index in [-0.39, 0.29) is 6.42 Å². The molecule has 88 valence electrons. The minimum absolute atomic E-state index is 0.00634. The molecule has 0 saturated heterocycles. The monoisotopic (exact) mass is 289 g/mol. The largest absolute Gasteiger partial charge is 0.480 e. The van der Waals surface area contributed by atoms with Crippen LogP contribution in [0.2, 0.25) is 0 Å². The minimum Gasteiger partial charge on any atom is -0.480 e. The molecule has 0 aliphatic rings. The summed E-state index contributed by atoms with van der Waals surface area (Å²) in [4.78, 5) is 10.6. The first kappa shape index (κ1) is 13.1. The number of carboxylic acids is 1. The summed E-state index contributed by atoms with van der Waals surface area (Å²) < 4.78 is 14.0. The van der Waals surface area contributed by atoms with Crippen LogP contribution in [0.5, 0.6) is 0 Å². The number of hydrogen-bond acceptors (Lipinski definition) is 2. The van der Waals surface area contributed by atoms with Crippen LogP contribution in [0.15, 0.2) is 16.6 Å². The topological polar surface area (TPSA) is 63.3 Å². The van der Waals surface area contributed by atoms with Gasteiger partial charge >= 0.3 is 5.97 Å². The van der Waals surface area contributed by atoms with Gasteiger partial charge in [-0.25, -0.2) is 4.39 Å². The van der Waals surface area contributed by atoms with Crippen LogP contribution in [0.3, 0.4) is 0 Å². The van der Waals surface area contributed by atoms with Crippen LogP contribution < -0.4 is 5.73 Å². The molecule has 0 aromatic heterocycles. The van der Waals surface area contributed by atoms with E-state index in [1.54, 1.807) is 12.1 Å². The fraction of sp³-hybridized carbons (Fsp3) is 0.364. The number of halogens is 2. The Bertz CT molecular complexity index is 409. The van der Waals surface area contributed by atoms with Crippen LogP contribution >= 0.6 is 15.9 Å². The van der Waals surface area contributed by atoms with Gasteiger partial charge in [0, 0.05) is 6.42 Å². The second-order valence-electron chi connectivity index (χ2n) is 3.55. The highest BCUT2D eigenvalue weighted by Gasteiger charge is 2.16. The molecule has 3 nitrogen and oxygen atoms in total. The molecule has 0 aliphatic heterocycles. The Morgan fingerprint density at radius 1 is 1.62 bits per heavy atom. The normalized spacial score (nSPS) is 12.5. The molecule has 0 saturated carbocycles. The first-order valence-electron chi connectivity index (χ1n) is 4.90. The van der Waals surface area contributed by atoms with Gasteiger partial charge in [0.05, 0.1) is 4.47 Å². The van der Waals surface area contributed by atoms with E-state index in [2.05, 4.69) is 15.9 Å². The van der Waals surface area contributed by atoms with Crippen molar-refractivity contribution in [2.75, 3.05) is 0 Å². The van der Waals surface area contributed by atoms with E-state index >= 15 is 0 Å². The van der Waals surface area contributed by atoms with Gasteiger partial charge in [-0.15, -0.1) is 0 Å². The zero-order valence-electron chi connectivity index (χ0n) is 8.84. The molecular formula is C11H13BrFNO2. The number of aliphatic carboxylic acids is 1. The van der Waals surface area contributed by atoms with Crippen LogP contribution in [0.25, 0.3) is 0 Å². The number of hydrogen-bond donors (Lipinski definition) is 2. The molecule has 1 aromatic carbocycles. The molecule has 0 bridgehead atoms. The van der Waals surface area contributed by atoms with Crippen molar-refractivity contribution < 1.29 is 14.3 Å². The summed E-state index contributed by atoms with van der Waals surface area (Å²) in [6, 6.07) is 2.27. The fourth-order valence-electron chi connectivity index (χ4n) is 1.39. The second-order valence-corrected chi connectivity index (χ2v) is 4.41. The zero-order chi connectivity index (χ0) is 12.3. The lowest BCUT2D eigenvalue weighted by Crippen LogP contribution is -2.32. The number of carboxylic acid groups (broad SMARTS) is 1. The molecule has 16 heavy (non-hydrogen) atoms. The molecule has 1 rings (SSSR count). The Morgan fingerprint density at radius 3 is 2.75 bits per heavy atom. The van der Waals surface area contributed by atoms with Crippen LogP contribution in [0.1, 0.15) is 18.1 Å². The molecular weight excluding hydrogens is 277 g/mol. The van der Waals surface area contributed by atoms with Crippen LogP contribution in [-0.2, 0) is 17.6 Å². The highest BCUT2D eigenvalue weighted by molar-refractivity contribution is 9.10. The van der Waals surface area contributed by atoms with Crippen molar-refractivity contribution in [3.8, 4) is 0 Å². The minimum atomic E-state index is -1.13. The number of carbonyl (C=O) groups is 1. The van der Waals surface area contributed by atoms with E-state index in [0.717, 1.165) is 12.0 Å². The lowest BCUT2D eigenvalue weighted by Gasteiger charge is -2.10. The average molecular weight is 290 g/mol. The Morgan fingerprint density at radius 2 is 2.25 bits per heavy atom. The average Bonchev–Trinajstić information content (AvgIpc) is 2.24. The van der Waals surface area contributed by atoms with Crippen molar-refractivity contribution in [3.63, 3.8) is 0 Å². The highest BCUT2D eigenvalue weighted by Crippen LogP contribution is 2.22. The molecule has 0 amide bonds. The van der Waals surface area contributed by atoms with Gasteiger partial charge in [-0.2, -0.15) is 0 Å². The number of benzene rings is 1. The smallest absolute Gasteiger partial charge is 0.320 e. The summed E-state index contributed by atoms with van der Waals surface area (Å²) in [6.45, 7) is 1.95. The van der Waals surface area contributed by atoms with E-state index in [1.165, 1.54) is 0 Å². The maximum Gasteiger partial charge on any atom is 0.320 e. The van der Waals surface area contributed by atoms with E-state index < -0.39 is 17.8 Å². The summed E-state index contributed by atoms with van der Waals surface area (Å²) in [5.41, 5.74) is 6.66. The Balaban J connectivity index is 3.03. The summed E-state index contributed by atoms with van der Waals surface area (Å²) in [5, 5.41) is 8.67. The van der Waals surface area contributed by atoms with Crippen LogP contribution in [0.4, 0.5) is 4.39 Å². The molecule has 1 atom stereocenters. The standard InChI is InChI=1S/C11H13BrFNO2/c1-2-6-3-7(5-9(14)11(15)16)10(13)8(12)4-6/h3-4,9H,2,5,14H2,1H3,(H,15,16). The van der Waals surface area contributed by atoms with Gasteiger partial charge in [-0.05, 0) is 39.5 Å². The molecule has 0 spiro atoms. The van der Waals surface area contributed by atoms with Gasteiger partial charge in [-0.1, -0.05) is 13.0 Å². The molecule has 0 radical (unpaired) electrons. The lowest BCUT2D eigenvalue weighted by atomic mass is 10.0. The molecule has 5 heteroatoms. The summed E-state index contributed by atoms with van der Waals surface area (Å²) in [6.07, 6.45) is 0.752. The molecule has 1 unspecified atom stereocenters. The van der Waals surface area contributed by atoms with Gasteiger partial charge in [0.25, 0.3) is 0 Å². The predicted molar refractivity (Wildman–Crippen MR) is 62.8 cm³/mol. The van der Waals surface area contributed by atoms with E-state index in [4.69, 9.17) is 10.8 Å². The Hall–Kier alpha value is -0.940. The Labute approximate surface area is 102 Å². The number of nitrogens with two attached hydrogens (primary N) is 1. The molecule has 0 fully saturated rings. The third-order valence-electron chi connectivity index (χ3n) is 2.33. The van der Waals surface area contributed by atoms with Crippen molar-refractivity contribution in [3.05, 3.63) is 33.5 Å². The molecule has 0 heterocycles. The number of rotatable bonds is 4. The first-order valence-corrected chi connectivity index (χ1v) is 5.70. The Kier molecular flexibility index (Phi) is 4.44. The van der Waals surface area contributed by atoms with Gasteiger partial charge < -0.3 is 10.8 Å². The molecule has 3 N–H and O–H groups in total. The zero-order valence-corrected chi connectivity index (χ0v) is 10.4. The van der Waals surface area contributed by atoms with Gasteiger partial charge in [-0.3, -0.25) is 4.79 Å². The summed E-state index contributed by atoms with van der Waals surface area (Å²) >= 11 is 3.10. The van der Waals surface area contributed by atoms with Crippen molar-refractivity contribution in [1.82, 2.24) is 0 Å². The van der Waals surface area contributed by atoms with Crippen molar-refractivity contribution in [2.24, 2.45) is 5.73 Å². The number of aryl methyl sites for hydroxylation is 1. The highest BCUT2D eigenvalue weighted by atomic mass is 79.9. The van der Waals surface area contributed by atoms with E-state index in [0.29, 0.717) is 10.0 Å². The summed E-state index contributed by atoms with van der Waals surface area (Å²) in [7, 11) is 0.